The summed E-state index contributed by atoms with van der Waals surface area (Å²) in [6.07, 6.45) is -9.13. The number of aliphatic imine (C=N–C) groups is 1. The number of allylic oxidation sites excluding steroid dienone is 1. The molecule has 3 fully saturated rings. The lowest BCUT2D eigenvalue weighted by Gasteiger charge is -2.38. The molecule has 0 spiro atoms. The highest BCUT2D eigenvalue weighted by Crippen LogP contribution is 2.42. The van der Waals surface area contributed by atoms with Gasteiger partial charge < -0.3 is 26.0 Å². The number of nitrogens with zero attached hydrogens (tertiary/aromatic N) is 4. The molecule has 2 atom stereocenters. The Balaban J connectivity index is 1.34. The van der Waals surface area contributed by atoms with Crippen molar-refractivity contribution < 1.29 is 41.0 Å². The Labute approximate surface area is 296 Å². The fourth-order valence-corrected chi connectivity index (χ4v) is 7.14. The number of likely N-dealkylation sites (tertiary alicyclic amines) is 1. The largest absolute Gasteiger partial charge is 0.418 e. The smallest absolute Gasteiger partial charge is 0.401 e. The summed E-state index contributed by atoms with van der Waals surface area (Å²) in [6, 6.07) is 17.9. The summed E-state index contributed by atoms with van der Waals surface area (Å²) < 4.78 is 86.1. The zero-order valence-corrected chi connectivity index (χ0v) is 28.0. The highest BCUT2D eigenvalue weighted by molar-refractivity contribution is 6.13. The van der Waals surface area contributed by atoms with Gasteiger partial charge in [-0.3, -0.25) is 14.6 Å². The summed E-state index contributed by atoms with van der Waals surface area (Å²) in [4.78, 5) is 37.8. The van der Waals surface area contributed by atoms with Crippen molar-refractivity contribution in [2.24, 2.45) is 22.6 Å². The molecule has 15 heteroatoms. The van der Waals surface area contributed by atoms with Crippen molar-refractivity contribution in [3.05, 3.63) is 106 Å². The maximum atomic E-state index is 14.7. The Morgan fingerprint density at radius 2 is 1.48 bits per heavy atom. The number of alkyl halides is 6. The molecular formula is C37H38F6N6O3. The number of pyridine rings is 1. The second-order valence-electron chi connectivity index (χ2n) is 13.2. The summed E-state index contributed by atoms with van der Waals surface area (Å²) >= 11 is 0. The van der Waals surface area contributed by atoms with Gasteiger partial charge >= 0.3 is 12.4 Å². The topological polar surface area (TPSA) is 124 Å². The van der Waals surface area contributed by atoms with Gasteiger partial charge in [-0.1, -0.05) is 60.7 Å². The number of nitrogens with one attached hydrogen (secondary N) is 1. The predicted molar refractivity (Wildman–Crippen MR) is 181 cm³/mol. The highest BCUT2D eigenvalue weighted by Gasteiger charge is 2.54. The van der Waals surface area contributed by atoms with Gasteiger partial charge in [0.25, 0.3) is 11.8 Å². The van der Waals surface area contributed by atoms with E-state index < -0.39 is 70.7 Å². The molecule has 4 heterocycles. The lowest BCUT2D eigenvalue weighted by Crippen LogP contribution is -2.56. The monoisotopic (exact) mass is 728 g/mol. The number of amidine groups is 1. The van der Waals surface area contributed by atoms with Crippen molar-refractivity contribution in [2.45, 2.75) is 56.6 Å². The van der Waals surface area contributed by atoms with Crippen LogP contribution in [0.5, 0.6) is 0 Å². The number of aliphatic hydroxyl groups is 1. The van der Waals surface area contributed by atoms with Crippen molar-refractivity contribution in [1.82, 2.24) is 15.2 Å². The first-order valence-electron chi connectivity index (χ1n) is 17.1. The van der Waals surface area contributed by atoms with Gasteiger partial charge in [-0.25, -0.2) is 4.98 Å². The number of amides is 2. The first-order chi connectivity index (χ1) is 24.7. The Bertz CT molecular complexity index is 1780. The van der Waals surface area contributed by atoms with Crippen LogP contribution in [0.1, 0.15) is 65.2 Å². The van der Waals surface area contributed by atoms with Crippen molar-refractivity contribution in [1.29, 1.82) is 0 Å². The third kappa shape index (κ3) is 7.78. The Kier molecular flexibility index (Phi) is 10.6. The number of aliphatic hydroxyl groups excluding tert-OH is 1. The average molecular weight is 729 g/mol. The minimum Gasteiger partial charge on any atom is -0.401 e. The molecule has 0 saturated carbocycles. The molecule has 4 N–H and O–H groups in total. The molecule has 3 aromatic rings. The normalized spacial score (nSPS) is 22.5. The predicted octanol–water partition coefficient (Wildman–Crippen LogP) is 6.01. The van der Waals surface area contributed by atoms with Crippen LogP contribution < -0.4 is 16.0 Å². The molecule has 52 heavy (non-hydrogen) atoms. The first-order valence-corrected chi connectivity index (χ1v) is 17.1. The van der Waals surface area contributed by atoms with Gasteiger partial charge in [-0.2, -0.15) is 26.3 Å². The van der Waals surface area contributed by atoms with Crippen LogP contribution in [-0.4, -0.2) is 71.1 Å². The Morgan fingerprint density at radius 1 is 0.904 bits per heavy atom. The fourth-order valence-electron chi connectivity index (χ4n) is 7.14. The molecule has 0 radical (unpaired) electrons. The van der Waals surface area contributed by atoms with Crippen LogP contribution in [0.25, 0.3) is 0 Å². The van der Waals surface area contributed by atoms with Crippen LogP contribution in [0.4, 0.5) is 32.2 Å². The van der Waals surface area contributed by atoms with Crippen LogP contribution in [0.2, 0.25) is 0 Å². The average Bonchev–Trinajstić information content (AvgIpc) is 3.14. The van der Waals surface area contributed by atoms with E-state index in [0.717, 1.165) is 12.5 Å². The van der Waals surface area contributed by atoms with E-state index in [1.54, 1.807) is 65.6 Å². The van der Waals surface area contributed by atoms with Gasteiger partial charge in [0.1, 0.15) is 29.7 Å². The molecule has 276 valence electrons. The molecule has 9 nitrogen and oxygen atoms in total. The Morgan fingerprint density at radius 3 is 2.02 bits per heavy atom. The maximum Gasteiger partial charge on any atom is 0.418 e. The summed E-state index contributed by atoms with van der Waals surface area (Å²) in [5, 5.41) is 13.0. The number of halogens is 6. The van der Waals surface area contributed by atoms with Crippen LogP contribution >= 0.6 is 0 Å². The molecule has 2 aromatic carbocycles. The van der Waals surface area contributed by atoms with Gasteiger partial charge in [0.05, 0.1) is 11.1 Å². The van der Waals surface area contributed by atoms with E-state index >= 15 is 0 Å². The van der Waals surface area contributed by atoms with E-state index in [4.69, 9.17) is 5.73 Å². The molecule has 3 aliphatic rings. The first kappa shape index (κ1) is 36.9. The van der Waals surface area contributed by atoms with E-state index in [1.165, 1.54) is 4.90 Å². The standard InChI is InChI=1S/C37H38F6N6O3/c38-36(39,40)26-21-45-27(20-25(26)35(52)49-16-8-3-9-17-49)48-18-14-22(15-19-48)30(44)28-29(37(41,42)43)32(50)34(51)47-33(28)46-31(23-10-4-1-5-11-23)24-12-6-2-7-13-24/h1-2,4-7,10-13,20-22,29,31-32,50H,3,8-9,14-19,44H2,(H,46,47,51)/t29-,32-/m0/s1. The molecular weight excluding hydrogens is 690 g/mol. The van der Waals surface area contributed by atoms with Crippen molar-refractivity contribution in [2.75, 3.05) is 31.1 Å². The summed E-state index contributed by atoms with van der Waals surface area (Å²) in [6.45, 7) is 0.986. The number of nitrogens with two attached hydrogens (primary N) is 1. The van der Waals surface area contributed by atoms with Crippen molar-refractivity contribution in [3.8, 4) is 0 Å². The minimum absolute atomic E-state index is 0.127. The molecule has 1 aromatic heterocycles. The fraction of sp³-hybridized carbons (Fsp3) is 0.405. The quantitative estimate of drug-likeness (QED) is 0.267. The van der Waals surface area contributed by atoms with E-state index in [2.05, 4.69) is 15.3 Å². The van der Waals surface area contributed by atoms with Crippen LogP contribution in [0, 0.1) is 11.8 Å². The Hall–Kier alpha value is -4.92. The third-order valence-electron chi connectivity index (χ3n) is 9.87. The number of benzene rings is 2. The third-order valence-corrected chi connectivity index (χ3v) is 9.87. The van der Waals surface area contributed by atoms with Crippen molar-refractivity contribution >= 4 is 23.5 Å². The molecule has 0 bridgehead atoms. The van der Waals surface area contributed by atoms with E-state index in [-0.39, 0.29) is 37.4 Å². The van der Waals surface area contributed by atoms with Crippen molar-refractivity contribution in [3.63, 3.8) is 0 Å². The van der Waals surface area contributed by atoms with Gasteiger partial charge in [0.15, 0.2) is 0 Å². The number of carbonyl (C=O) groups is 2. The number of piperidine rings is 3. The second-order valence-corrected chi connectivity index (χ2v) is 13.2. The van der Waals surface area contributed by atoms with Gasteiger partial charge in [0, 0.05) is 49.6 Å². The number of carbonyl (C=O) groups excluding carboxylic acids is 2. The summed E-state index contributed by atoms with van der Waals surface area (Å²) in [5.74, 6) is -5.62. The summed E-state index contributed by atoms with van der Waals surface area (Å²) in [5.41, 5.74) is 5.48. The SMILES string of the molecule is NC(=C1C(=NC(c2ccccc2)c2ccccc2)NC(=O)[C@@H](O)[C@H]1C(F)(F)F)C1CCN(c2cc(C(=O)N3CCCCC3)c(C(F)(F)F)cn2)CC1. The van der Waals surface area contributed by atoms with E-state index in [0.29, 0.717) is 43.3 Å². The second kappa shape index (κ2) is 15.0. The zero-order chi connectivity index (χ0) is 37.2. The van der Waals surface area contributed by atoms with E-state index in [9.17, 15) is 41.0 Å². The lowest BCUT2D eigenvalue weighted by atomic mass is 9.81. The van der Waals surface area contributed by atoms with Crippen LogP contribution in [-0.2, 0) is 11.0 Å². The number of hydrogen-bond donors (Lipinski definition) is 3. The molecule has 3 saturated heterocycles. The van der Waals surface area contributed by atoms with Gasteiger partial charge in [-0.05, 0) is 49.3 Å². The summed E-state index contributed by atoms with van der Waals surface area (Å²) in [7, 11) is 0. The molecule has 6 rings (SSSR count). The molecule has 2 amide bonds. The van der Waals surface area contributed by atoms with Crippen LogP contribution in [0.15, 0.2) is 89.2 Å². The number of anilines is 1. The number of hydrogen-bond acceptors (Lipinski definition) is 7. The molecule has 0 unspecified atom stereocenters. The van der Waals surface area contributed by atoms with Gasteiger partial charge in [0.2, 0.25) is 0 Å². The van der Waals surface area contributed by atoms with Gasteiger partial charge in [-0.15, -0.1) is 0 Å². The van der Waals surface area contributed by atoms with E-state index in [1.807, 2.05) is 0 Å². The molecule has 3 aliphatic heterocycles. The number of aromatic nitrogens is 1. The highest BCUT2D eigenvalue weighted by atomic mass is 19.4. The zero-order valence-electron chi connectivity index (χ0n) is 28.0. The minimum atomic E-state index is -5.07. The lowest BCUT2D eigenvalue weighted by molar-refractivity contribution is -0.191. The van der Waals surface area contributed by atoms with Crippen LogP contribution in [0.3, 0.4) is 0 Å². The molecule has 0 aliphatic carbocycles. The number of rotatable bonds is 6. The maximum absolute atomic E-state index is 14.7.